The highest BCUT2D eigenvalue weighted by molar-refractivity contribution is 5.39. The van der Waals surface area contributed by atoms with Gasteiger partial charge in [0.15, 0.2) is 0 Å². The van der Waals surface area contributed by atoms with Gasteiger partial charge in [0.05, 0.1) is 6.61 Å². The molecule has 0 saturated carbocycles. The lowest BCUT2D eigenvalue weighted by Gasteiger charge is -2.09. The third kappa shape index (κ3) is 8.31. The van der Waals surface area contributed by atoms with E-state index in [0.29, 0.717) is 5.75 Å². The summed E-state index contributed by atoms with van der Waals surface area (Å²) in [6, 6.07) is 5.62. The molecule has 1 N–H and O–H groups in total. The number of ether oxygens (including phenoxy) is 1. The van der Waals surface area contributed by atoms with Gasteiger partial charge in [0.2, 0.25) is 0 Å². The molecule has 0 fully saturated rings. The van der Waals surface area contributed by atoms with Crippen LogP contribution in [0.5, 0.6) is 11.5 Å². The smallest absolute Gasteiger partial charge is 0.119 e. The maximum absolute atomic E-state index is 9.84. The zero-order valence-corrected chi connectivity index (χ0v) is 14.6. The van der Waals surface area contributed by atoms with Gasteiger partial charge >= 0.3 is 0 Å². The molecule has 0 aliphatic rings. The molecule has 0 unspecified atom stereocenters. The van der Waals surface area contributed by atoms with E-state index in [2.05, 4.69) is 13.8 Å². The highest BCUT2D eigenvalue weighted by atomic mass is 16.5. The average Bonchev–Trinajstić information content (AvgIpc) is 2.53. The molecule has 0 aliphatic heterocycles. The lowest BCUT2D eigenvalue weighted by Crippen LogP contribution is -1.98. The fraction of sp³-hybridized carbons (Fsp3) is 0.700. The minimum atomic E-state index is 0.396. The molecular weight excluding hydrogens is 272 g/mol. The Morgan fingerprint density at radius 2 is 1.45 bits per heavy atom. The number of hydrogen-bond acceptors (Lipinski definition) is 2. The van der Waals surface area contributed by atoms with E-state index in [1.807, 2.05) is 12.1 Å². The molecule has 126 valence electrons. The monoisotopic (exact) mass is 306 g/mol. The first-order valence-corrected chi connectivity index (χ1v) is 9.22. The van der Waals surface area contributed by atoms with Gasteiger partial charge in [-0.05, 0) is 43.0 Å². The maximum atomic E-state index is 9.84. The van der Waals surface area contributed by atoms with Crippen LogP contribution in [0, 0.1) is 0 Å². The third-order valence-electron chi connectivity index (χ3n) is 4.12. The van der Waals surface area contributed by atoms with Crippen LogP contribution in [0.1, 0.15) is 83.6 Å². The van der Waals surface area contributed by atoms with Crippen molar-refractivity contribution in [3.8, 4) is 11.5 Å². The maximum Gasteiger partial charge on any atom is 0.119 e. The summed E-state index contributed by atoms with van der Waals surface area (Å²) in [7, 11) is 0. The van der Waals surface area contributed by atoms with Gasteiger partial charge in [-0.15, -0.1) is 0 Å². The predicted molar refractivity (Wildman–Crippen MR) is 94.8 cm³/mol. The number of benzene rings is 1. The highest BCUT2D eigenvalue weighted by Crippen LogP contribution is 2.24. The summed E-state index contributed by atoms with van der Waals surface area (Å²) < 4.78 is 5.82. The van der Waals surface area contributed by atoms with Crippen LogP contribution >= 0.6 is 0 Å². The molecule has 0 atom stereocenters. The van der Waals surface area contributed by atoms with Crippen LogP contribution < -0.4 is 4.74 Å². The van der Waals surface area contributed by atoms with Gasteiger partial charge in [-0.25, -0.2) is 0 Å². The predicted octanol–water partition coefficient (Wildman–Crippen LogP) is 6.25. The number of rotatable bonds is 13. The molecule has 0 radical (unpaired) electrons. The van der Waals surface area contributed by atoms with Crippen molar-refractivity contribution in [2.24, 2.45) is 0 Å². The summed E-state index contributed by atoms with van der Waals surface area (Å²) in [4.78, 5) is 0. The first-order valence-electron chi connectivity index (χ1n) is 9.22. The van der Waals surface area contributed by atoms with E-state index in [4.69, 9.17) is 4.74 Å². The van der Waals surface area contributed by atoms with Crippen molar-refractivity contribution < 1.29 is 9.84 Å². The molecule has 2 nitrogen and oxygen atoms in total. The van der Waals surface area contributed by atoms with Gasteiger partial charge in [0, 0.05) is 0 Å². The Hall–Kier alpha value is -1.18. The molecule has 22 heavy (non-hydrogen) atoms. The number of aryl methyl sites for hydroxylation is 1. The summed E-state index contributed by atoms with van der Waals surface area (Å²) in [6.45, 7) is 5.21. The minimum absolute atomic E-state index is 0.396. The molecular formula is C20H34O2. The molecule has 1 aromatic rings. The molecule has 0 heterocycles. The summed E-state index contributed by atoms with van der Waals surface area (Å²) in [5.74, 6) is 1.29. The number of hydrogen-bond donors (Lipinski definition) is 1. The van der Waals surface area contributed by atoms with Crippen LogP contribution in [0.4, 0.5) is 0 Å². The van der Waals surface area contributed by atoms with Crippen molar-refractivity contribution >= 4 is 0 Å². The standard InChI is InChI=1S/C20H34O2/c1-3-5-7-8-9-10-11-12-16-22-19-14-15-20(21)18(17-19)13-6-4-2/h14-15,17,21H,3-13,16H2,1-2H3. The zero-order chi connectivity index (χ0) is 16.0. The first-order chi connectivity index (χ1) is 10.8. The number of phenolic OH excluding ortho intramolecular Hbond substituents is 1. The largest absolute Gasteiger partial charge is 0.508 e. The molecule has 1 aromatic carbocycles. The van der Waals surface area contributed by atoms with Crippen LogP contribution in [0.3, 0.4) is 0 Å². The minimum Gasteiger partial charge on any atom is -0.508 e. The summed E-state index contributed by atoms with van der Waals surface area (Å²) in [6.07, 6.45) is 13.7. The van der Waals surface area contributed by atoms with E-state index in [0.717, 1.165) is 43.6 Å². The molecule has 0 aliphatic carbocycles. The number of unbranched alkanes of at least 4 members (excludes halogenated alkanes) is 8. The van der Waals surface area contributed by atoms with Crippen molar-refractivity contribution in [1.82, 2.24) is 0 Å². The van der Waals surface area contributed by atoms with E-state index < -0.39 is 0 Å². The Bertz CT molecular complexity index is 387. The van der Waals surface area contributed by atoms with Gasteiger partial charge < -0.3 is 9.84 Å². The molecule has 0 saturated heterocycles. The van der Waals surface area contributed by atoms with Gasteiger partial charge in [-0.3, -0.25) is 0 Å². The Morgan fingerprint density at radius 3 is 2.14 bits per heavy atom. The van der Waals surface area contributed by atoms with E-state index >= 15 is 0 Å². The van der Waals surface area contributed by atoms with Gasteiger partial charge in [0.1, 0.15) is 11.5 Å². The molecule has 1 rings (SSSR count). The SMILES string of the molecule is CCCCCCCCCCOc1ccc(O)c(CCCC)c1. The van der Waals surface area contributed by atoms with E-state index in [1.165, 1.54) is 44.9 Å². The molecule has 0 amide bonds. The van der Waals surface area contributed by atoms with E-state index in [1.54, 1.807) is 6.07 Å². The van der Waals surface area contributed by atoms with Crippen LogP contribution in [0.15, 0.2) is 18.2 Å². The third-order valence-corrected chi connectivity index (χ3v) is 4.12. The lowest BCUT2D eigenvalue weighted by molar-refractivity contribution is 0.303. The first kappa shape index (κ1) is 18.9. The fourth-order valence-corrected chi connectivity index (χ4v) is 2.65. The van der Waals surface area contributed by atoms with Gasteiger partial charge in [-0.1, -0.05) is 65.2 Å². The van der Waals surface area contributed by atoms with Crippen molar-refractivity contribution in [3.05, 3.63) is 23.8 Å². The van der Waals surface area contributed by atoms with E-state index in [9.17, 15) is 5.11 Å². The average molecular weight is 306 g/mol. The van der Waals surface area contributed by atoms with Crippen molar-refractivity contribution in [1.29, 1.82) is 0 Å². The van der Waals surface area contributed by atoms with Gasteiger partial charge in [0.25, 0.3) is 0 Å². The topological polar surface area (TPSA) is 29.5 Å². The van der Waals surface area contributed by atoms with Crippen LogP contribution in [-0.4, -0.2) is 11.7 Å². The van der Waals surface area contributed by atoms with Crippen LogP contribution in [0.2, 0.25) is 0 Å². The second-order valence-corrected chi connectivity index (χ2v) is 6.22. The van der Waals surface area contributed by atoms with Crippen molar-refractivity contribution in [2.45, 2.75) is 84.5 Å². The highest BCUT2D eigenvalue weighted by Gasteiger charge is 2.03. The summed E-state index contributed by atoms with van der Waals surface area (Å²) in [5, 5.41) is 9.84. The van der Waals surface area contributed by atoms with E-state index in [-0.39, 0.29) is 0 Å². The Kier molecular flexibility index (Phi) is 10.6. The molecule has 0 bridgehead atoms. The Labute approximate surface area is 136 Å². The second kappa shape index (κ2) is 12.4. The van der Waals surface area contributed by atoms with Crippen LogP contribution in [-0.2, 0) is 6.42 Å². The number of phenols is 1. The second-order valence-electron chi connectivity index (χ2n) is 6.22. The summed E-state index contributed by atoms with van der Waals surface area (Å²) >= 11 is 0. The van der Waals surface area contributed by atoms with Crippen molar-refractivity contribution in [2.75, 3.05) is 6.61 Å². The van der Waals surface area contributed by atoms with Crippen molar-refractivity contribution in [3.63, 3.8) is 0 Å². The normalized spacial score (nSPS) is 10.8. The lowest BCUT2D eigenvalue weighted by atomic mass is 10.1. The Morgan fingerprint density at radius 1 is 0.818 bits per heavy atom. The fourth-order valence-electron chi connectivity index (χ4n) is 2.65. The molecule has 0 aromatic heterocycles. The summed E-state index contributed by atoms with van der Waals surface area (Å²) in [5.41, 5.74) is 1.01. The molecule has 0 spiro atoms. The van der Waals surface area contributed by atoms with Gasteiger partial charge in [-0.2, -0.15) is 0 Å². The quantitative estimate of drug-likeness (QED) is 0.436. The molecule has 2 heteroatoms. The van der Waals surface area contributed by atoms with Crippen LogP contribution in [0.25, 0.3) is 0 Å². The number of aromatic hydroxyl groups is 1. The Balaban J connectivity index is 2.14. The zero-order valence-electron chi connectivity index (χ0n) is 14.6.